The summed E-state index contributed by atoms with van der Waals surface area (Å²) < 4.78 is 28.6. The number of fused-ring (bicyclic) bond motifs is 3. The quantitative estimate of drug-likeness (QED) is 0.121. The molecule has 10 N–H and O–H groups in total. The lowest BCUT2D eigenvalue weighted by Crippen LogP contribution is -2.62. The Bertz CT molecular complexity index is 2160. The summed E-state index contributed by atoms with van der Waals surface area (Å²) in [5.74, 6) is -1.86. The first-order valence-electron chi connectivity index (χ1n) is 17.4. The summed E-state index contributed by atoms with van der Waals surface area (Å²) in [5, 5.41) is 107. The highest BCUT2D eigenvalue weighted by atomic mass is 16.7. The predicted octanol–water partition coefficient (Wildman–Crippen LogP) is 1.16. The van der Waals surface area contributed by atoms with E-state index in [9.17, 15) is 55.9 Å². The SMILES string of the molecule is COc1cc(C)c(-c2cc(O)cc3cc4c(c(O)c23)C(=O)c2c(O)cc(O)cc2C4(C)C)c(O[C@@H]2O[C@H](CO)[C@@H](O[C@H]3O[C@H](CO)[C@@H](O)[C@@H]3O)[C@H](O)[C@H]2O)c1. The maximum atomic E-state index is 14.1. The van der Waals surface area contributed by atoms with Gasteiger partial charge in [-0.2, -0.15) is 0 Å². The topological polar surface area (TPSA) is 266 Å². The molecule has 0 spiro atoms. The van der Waals surface area contributed by atoms with Crippen molar-refractivity contribution in [3.05, 3.63) is 70.3 Å². The number of carbonyl (C=O) groups excluding carboxylic acids is 1. The molecule has 1 aliphatic carbocycles. The van der Waals surface area contributed by atoms with E-state index in [0.29, 0.717) is 22.1 Å². The van der Waals surface area contributed by atoms with Crippen LogP contribution in [0.1, 0.15) is 46.5 Å². The van der Waals surface area contributed by atoms with Gasteiger partial charge in [0.15, 0.2) is 6.29 Å². The van der Waals surface area contributed by atoms with Crippen LogP contribution in [0.15, 0.2) is 42.5 Å². The number of ether oxygens (including phenoxy) is 5. The second-order valence-corrected chi connectivity index (χ2v) is 14.5. The number of carbonyl (C=O) groups is 1. The van der Waals surface area contributed by atoms with Crippen molar-refractivity contribution in [2.75, 3.05) is 20.3 Å². The Kier molecular flexibility index (Phi) is 9.86. The van der Waals surface area contributed by atoms with Gasteiger partial charge >= 0.3 is 0 Å². The second kappa shape index (κ2) is 14.1. The van der Waals surface area contributed by atoms with Crippen LogP contribution in [-0.2, 0) is 19.6 Å². The van der Waals surface area contributed by atoms with Crippen LogP contribution >= 0.6 is 0 Å². The molecule has 0 amide bonds. The number of phenolic OH excluding ortho intramolecular Hbond substituents is 4. The first-order valence-corrected chi connectivity index (χ1v) is 17.4. The summed E-state index contributed by atoms with van der Waals surface area (Å²) in [6, 6.07) is 9.87. The minimum absolute atomic E-state index is 0.0400. The predicted molar refractivity (Wildman–Crippen MR) is 190 cm³/mol. The molecule has 3 aliphatic rings. The first kappa shape index (κ1) is 38.5. The van der Waals surface area contributed by atoms with Gasteiger partial charge in [0.25, 0.3) is 0 Å². The maximum Gasteiger partial charge on any atom is 0.229 e. The number of benzene rings is 4. The molecule has 0 bridgehead atoms. The number of aromatic hydroxyl groups is 4. The van der Waals surface area contributed by atoms with Crippen LogP contribution in [0.2, 0.25) is 0 Å². The molecule has 55 heavy (non-hydrogen) atoms. The number of hydrogen-bond donors (Lipinski definition) is 10. The summed E-state index contributed by atoms with van der Waals surface area (Å²) in [6.45, 7) is 3.80. The number of ketones is 1. The van der Waals surface area contributed by atoms with Crippen molar-refractivity contribution >= 4 is 16.6 Å². The van der Waals surface area contributed by atoms with Crippen molar-refractivity contribution in [2.24, 2.45) is 0 Å². The molecule has 2 fully saturated rings. The van der Waals surface area contributed by atoms with E-state index in [1.165, 1.54) is 31.4 Å². The van der Waals surface area contributed by atoms with Crippen LogP contribution in [-0.4, -0.2) is 132 Å². The summed E-state index contributed by atoms with van der Waals surface area (Å²) in [5.41, 5.74) is 0.385. The standard InChI is InChI=1S/C39H42O16/c1-14-5-18(51-4)11-23(52-37-35(50)33(48)36(25(13-41)54-37)55-38-34(49)30(45)24(12-40)53-38)26(14)19-8-16(42)6-15-7-20-29(31(46)27(15)19)32(47)28-21(39(20,2)3)9-17(43)10-22(28)44/h5-11,24-25,30,33-38,40-46,48-50H,12-13H2,1-4H3/t24-,25-,30-,33-,34+,35-,36-,37-,38-/m1/s1. The molecular weight excluding hydrogens is 724 g/mol. The van der Waals surface area contributed by atoms with Gasteiger partial charge in [-0.1, -0.05) is 13.8 Å². The number of rotatable bonds is 8. The molecule has 2 heterocycles. The van der Waals surface area contributed by atoms with Gasteiger partial charge in [-0.15, -0.1) is 0 Å². The lowest BCUT2D eigenvalue weighted by Gasteiger charge is -2.42. The fourth-order valence-electron chi connectivity index (χ4n) is 7.90. The fourth-order valence-corrected chi connectivity index (χ4v) is 7.90. The van der Waals surface area contributed by atoms with Crippen LogP contribution in [0, 0.1) is 6.92 Å². The van der Waals surface area contributed by atoms with E-state index < -0.39 is 91.2 Å². The summed E-state index contributed by atoms with van der Waals surface area (Å²) in [7, 11) is 1.40. The average Bonchev–Trinajstić information content (AvgIpc) is 3.40. The number of aliphatic hydroxyl groups is 6. The van der Waals surface area contributed by atoms with Crippen molar-refractivity contribution < 1.29 is 79.5 Å². The molecule has 2 saturated heterocycles. The van der Waals surface area contributed by atoms with Gasteiger partial charge in [-0.25, -0.2) is 0 Å². The zero-order valence-corrected chi connectivity index (χ0v) is 30.1. The zero-order chi connectivity index (χ0) is 39.8. The Morgan fingerprint density at radius 3 is 2.02 bits per heavy atom. The number of aliphatic hydroxyl groups excluding tert-OH is 6. The van der Waals surface area contributed by atoms with Crippen LogP contribution in [0.25, 0.3) is 21.9 Å². The Morgan fingerprint density at radius 1 is 0.727 bits per heavy atom. The van der Waals surface area contributed by atoms with Crippen LogP contribution < -0.4 is 9.47 Å². The Hall–Kier alpha value is -4.75. The van der Waals surface area contributed by atoms with Crippen LogP contribution in [0.5, 0.6) is 34.5 Å². The summed E-state index contributed by atoms with van der Waals surface area (Å²) in [4.78, 5) is 14.1. The Balaban J connectivity index is 1.32. The third-order valence-corrected chi connectivity index (χ3v) is 10.7. The minimum atomic E-state index is -1.86. The smallest absolute Gasteiger partial charge is 0.229 e. The highest BCUT2D eigenvalue weighted by molar-refractivity contribution is 6.20. The highest BCUT2D eigenvalue weighted by Crippen LogP contribution is 2.53. The van der Waals surface area contributed by atoms with E-state index in [-0.39, 0.29) is 50.6 Å². The minimum Gasteiger partial charge on any atom is -0.508 e. The lowest BCUT2D eigenvalue weighted by molar-refractivity contribution is -0.315. The fraction of sp³-hybridized carbons (Fsp3) is 0.410. The van der Waals surface area contributed by atoms with E-state index in [1.54, 1.807) is 32.9 Å². The third kappa shape index (κ3) is 6.19. The van der Waals surface area contributed by atoms with Crippen LogP contribution in [0.4, 0.5) is 0 Å². The molecule has 0 aromatic heterocycles. The number of hydrogen-bond acceptors (Lipinski definition) is 16. The van der Waals surface area contributed by atoms with E-state index in [4.69, 9.17) is 23.7 Å². The molecule has 0 radical (unpaired) electrons. The van der Waals surface area contributed by atoms with Crippen molar-refractivity contribution in [3.63, 3.8) is 0 Å². The highest BCUT2D eigenvalue weighted by Gasteiger charge is 2.51. The van der Waals surface area contributed by atoms with Crippen LogP contribution in [0.3, 0.4) is 0 Å². The maximum absolute atomic E-state index is 14.1. The zero-order valence-electron chi connectivity index (χ0n) is 30.1. The monoisotopic (exact) mass is 766 g/mol. The molecule has 16 heteroatoms. The molecule has 294 valence electrons. The number of methoxy groups -OCH3 is 1. The van der Waals surface area contributed by atoms with E-state index >= 15 is 0 Å². The molecule has 16 nitrogen and oxygen atoms in total. The Morgan fingerprint density at radius 2 is 1.36 bits per heavy atom. The van der Waals surface area contributed by atoms with Gasteiger partial charge < -0.3 is 74.7 Å². The molecule has 4 aromatic carbocycles. The van der Waals surface area contributed by atoms with Crippen molar-refractivity contribution in [2.45, 2.75) is 81.5 Å². The van der Waals surface area contributed by atoms with Gasteiger partial charge in [0.05, 0.1) is 31.5 Å². The molecule has 7 rings (SSSR count). The van der Waals surface area contributed by atoms with Gasteiger partial charge in [0, 0.05) is 34.1 Å². The molecule has 0 saturated carbocycles. The molecular formula is C39H42O16. The van der Waals surface area contributed by atoms with E-state index in [0.717, 1.165) is 6.07 Å². The van der Waals surface area contributed by atoms with E-state index in [2.05, 4.69) is 0 Å². The second-order valence-electron chi connectivity index (χ2n) is 14.5. The number of aryl methyl sites for hydroxylation is 1. The normalized spacial score (nSPS) is 28.5. The van der Waals surface area contributed by atoms with Crippen molar-refractivity contribution in [1.82, 2.24) is 0 Å². The number of phenols is 4. The molecule has 2 aliphatic heterocycles. The van der Waals surface area contributed by atoms with Gasteiger partial charge in [0.2, 0.25) is 12.1 Å². The lowest BCUT2D eigenvalue weighted by atomic mass is 9.67. The summed E-state index contributed by atoms with van der Waals surface area (Å²) in [6.07, 6.45) is -14.2. The van der Waals surface area contributed by atoms with Gasteiger partial charge in [-0.3, -0.25) is 4.79 Å². The van der Waals surface area contributed by atoms with Crippen molar-refractivity contribution in [1.29, 1.82) is 0 Å². The van der Waals surface area contributed by atoms with E-state index in [1.807, 2.05) is 0 Å². The first-order chi connectivity index (χ1) is 26.0. The van der Waals surface area contributed by atoms with Gasteiger partial charge in [0.1, 0.15) is 77.2 Å². The largest absolute Gasteiger partial charge is 0.508 e. The average molecular weight is 767 g/mol. The van der Waals surface area contributed by atoms with Gasteiger partial charge in [-0.05, 0) is 59.3 Å². The molecule has 4 aromatic rings. The molecule has 9 atom stereocenters. The third-order valence-electron chi connectivity index (χ3n) is 10.7. The Labute approximate surface area is 313 Å². The summed E-state index contributed by atoms with van der Waals surface area (Å²) >= 11 is 0. The van der Waals surface area contributed by atoms with Crippen molar-refractivity contribution in [3.8, 4) is 45.6 Å². The molecule has 0 unspecified atom stereocenters.